The lowest BCUT2D eigenvalue weighted by molar-refractivity contribution is -0.363. The summed E-state index contributed by atoms with van der Waals surface area (Å²) in [5, 5.41) is 3.27. The molecule has 5 nitrogen and oxygen atoms in total. The van der Waals surface area contributed by atoms with Crippen molar-refractivity contribution in [2.45, 2.75) is 0 Å². The largest absolute Gasteiger partial charge is 0.373 e. The molecule has 0 saturated carbocycles. The van der Waals surface area contributed by atoms with E-state index in [0.717, 1.165) is 32.1 Å². The van der Waals surface area contributed by atoms with Crippen LogP contribution in [-0.4, -0.2) is 32.2 Å². The van der Waals surface area contributed by atoms with Crippen molar-refractivity contribution < 1.29 is 14.5 Å². The zero-order chi connectivity index (χ0) is 15.4. The van der Waals surface area contributed by atoms with E-state index in [4.69, 9.17) is 16.3 Å². The van der Waals surface area contributed by atoms with Crippen LogP contribution < -0.4 is 15.2 Å². The Balaban J connectivity index is 1.68. The van der Waals surface area contributed by atoms with Crippen LogP contribution in [0.15, 0.2) is 42.6 Å². The maximum atomic E-state index is 12.2. The molecule has 1 aliphatic rings. The molecule has 1 fully saturated rings. The maximum Gasteiger partial charge on any atom is 0.274 e. The van der Waals surface area contributed by atoms with E-state index in [1.807, 2.05) is 12.1 Å². The number of ether oxygens (including phenoxy) is 1. The summed E-state index contributed by atoms with van der Waals surface area (Å²) in [6.45, 7) is 3.20. The fourth-order valence-corrected chi connectivity index (χ4v) is 2.56. The van der Waals surface area contributed by atoms with Crippen molar-refractivity contribution >= 4 is 29.0 Å². The first kappa shape index (κ1) is 14.8. The van der Waals surface area contributed by atoms with Gasteiger partial charge >= 0.3 is 0 Å². The summed E-state index contributed by atoms with van der Waals surface area (Å²) in [6, 6.07) is 10.8. The van der Waals surface area contributed by atoms with E-state index in [1.165, 1.54) is 0 Å². The molecule has 3 rings (SSSR count). The van der Waals surface area contributed by atoms with Crippen molar-refractivity contribution in [3.05, 3.63) is 53.2 Å². The third kappa shape index (κ3) is 3.37. The summed E-state index contributed by atoms with van der Waals surface area (Å²) in [4.78, 5) is 17.6. The first-order chi connectivity index (χ1) is 10.7. The topological polar surface area (TPSA) is 55.7 Å². The highest BCUT2D eigenvalue weighted by Crippen LogP contribution is 2.17. The SMILES string of the molecule is O=C(Nc1ccc(N2CCOCC2)[nH+]c1)c1ccccc1Cl. The standard InChI is InChI=1S/C16H16ClN3O2/c17-14-4-2-1-3-13(14)16(21)19-12-5-6-15(18-11-12)20-7-9-22-10-8-20/h1-6,11H,7-10H2,(H,19,21)/p+1. The number of aromatic nitrogens is 1. The molecule has 0 bridgehead atoms. The number of carbonyl (C=O) groups excluding carboxylic acids is 1. The number of hydrogen-bond donors (Lipinski definition) is 1. The lowest BCUT2D eigenvalue weighted by atomic mass is 10.2. The number of halogens is 1. The van der Waals surface area contributed by atoms with Gasteiger partial charge in [0.05, 0.1) is 29.5 Å². The minimum atomic E-state index is -0.224. The number of carbonyl (C=O) groups is 1. The number of morpholine rings is 1. The third-order valence-electron chi connectivity index (χ3n) is 3.52. The number of nitrogens with zero attached hydrogens (tertiary/aromatic N) is 1. The van der Waals surface area contributed by atoms with Gasteiger partial charge in [-0.15, -0.1) is 0 Å². The molecule has 22 heavy (non-hydrogen) atoms. The molecule has 6 heteroatoms. The minimum Gasteiger partial charge on any atom is -0.373 e. The van der Waals surface area contributed by atoms with Gasteiger partial charge in [0.25, 0.3) is 11.7 Å². The summed E-state index contributed by atoms with van der Waals surface area (Å²) < 4.78 is 5.33. The van der Waals surface area contributed by atoms with E-state index in [9.17, 15) is 4.79 Å². The molecule has 1 saturated heterocycles. The van der Waals surface area contributed by atoms with Gasteiger partial charge in [0.1, 0.15) is 19.3 Å². The Morgan fingerprint density at radius 3 is 2.64 bits per heavy atom. The zero-order valence-corrected chi connectivity index (χ0v) is 12.8. The second kappa shape index (κ2) is 6.77. The fraction of sp³-hybridized carbons (Fsp3) is 0.250. The fourth-order valence-electron chi connectivity index (χ4n) is 2.34. The summed E-state index contributed by atoms with van der Waals surface area (Å²) in [7, 11) is 0. The van der Waals surface area contributed by atoms with Crippen LogP contribution in [0.25, 0.3) is 0 Å². The highest BCUT2D eigenvalue weighted by molar-refractivity contribution is 6.34. The van der Waals surface area contributed by atoms with Crippen LogP contribution in [0.5, 0.6) is 0 Å². The van der Waals surface area contributed by atoms with Crippen LogP contribution in [0, 0.1) is 0 Å². The number of aromatic amines is 1. The lowest BCUT2D eigenvalue weighted by Crippen LogP contribution is -2.39. The monoisotopic (exact) mass is 318 g/mol. The number of pyridine rings is 1. The Hall–Kier alpha value is -2.11. The van der Waals surface area contributed by atoms with Gasteiger partial charge in [-0.3, -0.25) is 9.69 Å². The Bertz CT molecular complexity index is 655. The molecule has 1 aromatic carbocycles. The minimum absolute atomic E-state index is 0.224. The molecule has 0 atom stereocenters. The number of benzene rings is 1. The number of H-pyrrole nitrogens is 1. The number of anilines is 2. The molecular formula is C16H17ClN3O2+. The molecule has 0 radical (unpaired) electrons. The van der Waals surface area contributed by atoms with Gasteiger partial charge < -0.3 is 10.1 Å². The van der Waals surface area contributed by atoms with Crippen molar-refractivity contribution in [3.63, 3.8) is 0 Å². The summed E-state index contributed by atoms with van der Waals surface area (Å²) >= 11 is 6.02. The first-order valence-electron chi connectivity index (χ1n) is 7.14. The summed E-state index contributed by atoms with van der Waals surface area (Å²) in [5.74, 6) is 0.789. The second-order valence-corrected chi connectivity index (χ2v) is 5.40. The van der Waals surface area contributed by atoms with Crippen LogP contribution in [0.1, 0.15) is 10.4 Å². The quantitative estimate of drug-likeness (QED) is 0.944. The number of amides is 1. The van der Waals surface area contributed by atoms with Crippen LogP contribution in [0.3, 0.4) is 0 Å². The Kier molecular flexibility index (Phi) is 4.56. The first-order valence-corrected chi connectivity index (χ1v) is 7.52. The Morgan fingerprint density at radius 1 is 1.18 bits per heavy atom. The molecule has 0 aliphatic carbocycles. The molecule has 1 aliphatic heterocycles. The van der Waals surface area contributed by atoms with Crippen molar-refractivity contribution in [3.8, 4) is 0 Å². The van der Waals surface area contributed by atoms with Crippen LogP contribution in [-0.2, 0) is 4.74 Å². The highest BCUT2D eigenvalue weighted by atomic mass is 35.5. The summed E-state index contributed by atoms with van der Waals surface area (Å²) in [6.07, 6.45) is 1.78. The molecule has 1 amide bonds. The van der Waals surface area contributed by atoms with Crippen molar-refractivity contribution in [1.82, 2.24) is 0 Å². The van der Waals surface area contributed by atoms with E-state index in [0.29, 0.717) is 16.3 Å². The summed E-state index contributed by atoms with van der Waals surface area (Å²) in [5.41, 5.74) is 1.16. The Morgan fingerprint density at radius 2 is 1.95 bits per heavy atom. The lowest BCUT2D eigenvalue weighted by Gasteiger charge is -2.21. The van der Waals surface area contributed by atoms with Crippen LogP contribution in [0.2, 0.25) is 5.02 Å². The number of rotatable bonds is 3. The third-order valence-corrected chi connectivity index (χ3v) is 3.85. The van der Waals surface area contributed by atoms with Crippen molar-refractivity contribution in [2.24, 2.45) is 0 Å². The van der Waals surface area contributed by atoms with Gasteiger partial charge in [-0.05, 0) is 18.2 Å². The molecule has 114 valence electrons. The highest BCUT2D eigenvalue weighted by Gasteiger charge is 2.19. The van der Waals surface area contributed by atoms with Gasteiger partial charge in [-0.1, -0.05) is 23.7 Å². The molecule has 2 aromatic rings. The predicted molar refractivity (Wildman–Crippen MR) is 85.4 cm³/mol. The van der Waals surface area contributed by atoms with E-state index < -0.39 is 0 Å². The van der Waals surface area contributed by atoms with Gasteiger partial charge in [0.15, 0.2) is 0 Å². The van der Waals surface area contributed by atoms with Gasteiger partial charge in [-0.2, -0.15) is 0 Å². The molecular weight excluding hydrogens is 302 g/mol. The normalized spacial score (nSPS) is 14.7. The van der Waals surface area contributed by atoms with Crippen LogP contribution >= 0.6 is 11.6 Å². The average molecular weight is 319 g/mol. The maximum absolute atomic E-state index is 12.2. The molecule has 1 aromatic heterocycles. The molecule has 2 N–H and O–H groups in total. The predicted octanol–water partition coefficient (Wildman–Crippen LogP) is 2.24. The van der Waals surface area contributed by atoms with Gasteiger partial charge in [-0.25, -0.2) is 4.98 Å². The van der Waals surface area contributed by atoms with E-state index in [-0.39, 0.29) is 5.91 Å². The smallest absolute Gasteiger partial charge is 0.274 e. The molecule has 0 unspecified atom stereocenters. The second-order valence-electron chi connectivity index (χ2n) is 5.00. The van der Waals surface area contributed by atoms with E-state index in [2.05, 4.69) is 15.2 Å². The van der Waals surface area contributed by atoms with Gasteiger partial charge in [0.2, 0.25) is 0 Å². The van der Waals surface area contributed by atoms with E-state index >= 15 is 0 Å². The number of nitrogens with one attached hydrogen (secondary N) is 2. The van der Waals surface area contributed by atoms with Crippen molar-refractivity contribution in [1.29, 1.82) is 0 Å². The van der Waals surface area contributed by atoms with E-state index in [1.54, 1.807) is 30.5 Å². The number of hydrogen-bond acceptors (Lipinski definition) is 3. The molecule has 0 spiro atoms. The van der Waals surface area contributed by atoms with Crippen LogP contribution in [0.4, 0.5) is 11.5 Å². The Labute approximate surface area is 133 Å². The van der Waals surface area contributed by atoms with Gasteiger partial charge in [0, 0.05) is 6.07 Å². The zero-order valence-electron chi connectivity index (χ0n) is 12.0. The average Bonchev–Trinajstić information content (AvgIpc) is 2.57. The van der Waals surface area contributed by atoms with Crippen molar-refractivity contribution in [2.75, 3.05) is 36.5 Å². The molecule has 2 heterocycles.